The lowest BCUT2D eigenvalue weighted by molar-refractivity contribution is 0.150. The maximum atomic E-state index is 2.49. The first kappa shape index (κ1) is 11.2. The first-order valence-corrected chi connectivity index (χ1v) is 6.73. The molecule has 0 amide bonds. The molecule has 2 saturated carbocycles. The van der Waals surface area contributed by atoms with Crippen molar-refractivity contribution in [2.75, 3.05) is 0 Å². The molecule has 2 aliphatic rings. The van der Waals surface area contributed by atoms with E-state index in [2.05, 4.69) is 27.7 Å². The maximum Gasteiger partial charge on any atom is -0.00597 e. The van der Waals surface area contributed by atoms with E-state index in [1.165, 1.54) is 38.5 Å². The maximum absolute atomic E-state index is 2.49. The van der Waals surface area contributed by atoms with Gasteiger partial charge in [-0.25, -0.2) is 0 Å². The van der Waals surface area contributed by atoms with Gasteiger partial charge < -0.3 is 0 Å². The summed E-state index contributed by atoms with van der Waals surface area (Å²) in [5, 5.41) is 0. The molecule has 2 rings (SSSR count). The lowest BCUT2D eigenvalue weighted by Gasteiger charge is -2.42. The summed E-state index contributed by atoms with van der Waals surface area (Å²) >= 11 is 0. The van der Waals surface area contributed by atoms with Gasteiger partial charge in [0.25, 0.3) is 0 Å². The van der Waals surface area contributed by atoms with Crippen LogP contribution in [0.5, 0.6) is 0 Å². The van der Waals surface area contributed by atoms with E-state index in [1.807, 2.05) is 5.57 Å². The van der Waals surface area contributed by atoms with Crippen molar-refractivity contribution in [3.05, 3.63) is 11.1 Å². The molecular weight excluding hydrogens is 180 g/mol. The third-order valence-corrected chi connectivity index (χ3v) is 5.14. The molecule has 0 heterocycles. The highest BCUT2D eigenvalue weighted by atomic mass is 14.5. The van der Waals surface area contributed by atoms with Crippen molar-refractivity contribution >= 4 is 0 Å². The summed E-state index contributed by atoms with van der Waals surface area (Å²) in [5.41, 5.74) is 4.08. The van der Waals surface area contributed by atoms with Crippen LogP contribution in [0.4, 0.5) is 0 Å². The minimum Gasteiger partial charge on any atom is -0.0767 e. The minimum atomic E-state index is 0.630. The first-order valence-electron chi connectivity index (χ1n) is 6.73. The van der Waals surface area contributed by atoms with Crippen LogP contribution in [0.3, 0.4) is 0 Å². The van der Waals surface area contributed by atoms with Crippen LogP contribution in [-0.4, -0.2) is 0 Å². The van der Waals surface area contributed by atoms with Gasteiger partial charge in [-0.15, -0.1) is 0 Å². The summed E-state index contributed by atoms with van der Waals surface area (Å²) in [6.07, 6.45) is 8.68. The largest absolute Gasteiger partial charge is 0.0767 e. The normalized spacial score (nSPS) is 41.2. The van der Waals surface area contributed by atoms with Crippen molar-refractivity contribution in [2.45, 2.75) is 66.2 Å². The second-order valence-electron chi connectivity index (χ2n) is 6.26. The lowest BCUT2D eigenvalue weighted by atomic mass is 9.63. The molecule has 0 aliphatic heterocycles. The molecule has 1 spiro atoms. The van der Waals surface area contributed by atoms with Crippen molar-refractivity contribution in [3.63, 3.8) is 0 Å². The van der Waals surface area contributed by atoms with Gasteiger partial charge in [0.1, 0.15) is 0 Å². The summed E-state index contributed by atoms with van der Waals surface area (Å²) in [6.45, 7) is 9.57. The fourth-order valence-electron chi connectivity index (χ4n) is 4.00. The molecule has 15 heavy (non-hydrogen) atoms. The highest BCUT2D eigenvalue weighted by Crippen LogP contribution is 2.57. The number of rotatable bonds is 0. The van der Waals surface area contributed by atoms with Gasteiger partial charge in [0.05, 0.1) is 0 Å². The molecule has 0 bridgehead atoms. The first-order chi connectivity index (χ1) is 7.06. The molecule has 2 aliphatic carbocycles. The van der Waals surface area contributed by atoms with Crippen molar-refractivity contribution < 1.29 is 0 Å². The molecule has 1 atom stereocenters. The zero-order valence-corrected chi connectivity index (χ0v) is 10.9. The molecule has 0 radical (unpaired) electrons. The number of hydrogen-bond donors (Lipinski definition) is 0. The Labute approximate surface area is 95.1 Å². The second-order valence-corrected chi connectivity index (χ2v) is 6.26. The molecule has 0 aromatic rings. The van der Waals surface area contributed by atoms with E-state index in [9.17, 15) is 0 Å². The van der Waals surface area contributed by atoms with Crippen molar-refractivity contribution in [3.8, 4) is 0 Å². The van der Waals surface area contributed by atoms with Crippen LogP contribution >= 0.6 is 0 Å². The topological polar surface area (TPSA) is 0 Å². The molecule has 86 valence electrons. The van der Waals surface area contributed by atoms with E-state index in [4.69, 9.17) is 0 Å². The standard InChI is InChI=1S/C15H26/c1-11(2)14-6-5-13(4)15(14)9-7-12(3)8-10-15/h12-13H,5-10H2,1-4H3. The fourth-order valence-corrected chi connectivity index (χ4v) is 4.00. The number of hydrogen-bond acceptors (Lipinski definition) is 0. The smallest absolute Gasteiger partial charge is 0.00597 e. The molecule has 0 N–H and O–H groups in total. The van der Waals surface area contributed by atoms with Gasteiger partial charge in [-0.3, -0.25) is 0 Å². The third kappa shape index (κ3) is 1.77. The van der Waals surface area contributed by atoms with E-state index in [0.29, 0.717) is 5.41 Å². The van der Waals surface area contributed by atoms with Crippen LogP contribution < -0.4 is 0 Å². The van der Waals surface area contributed by atoms with Crippen LogP contribution in [-0.2, 0) is 0 Å². The Bertz CT molecular complexity index is 260. The Balaban J connectivity index is 2.27. The molecule has 0 heteroatoms. The lowest BCUT2D eigenvalue weighted by Crippen LogP contribution is -2.31. The van der Waals surface area contributed by atoms with Crippen LogP contribution in [0, 0.1) is 17.3 Å². The summed E-state index contributed by atoms with van der Waals surface area (Å²) in [5.74, 6) is 1.91. The van der Waals surface area contributed by atoms with E-state index in [0.717, 1.165) is 11.8 Å². The van der Waals surface area contributed by atoms with E-state index in [-0.39, 0.29) is 0 Å². The summed E-state index contributed by atoms with van der Waals surface area (Å²) in [4.78, 5) is 0. The average Bonchev–Trinajstić information content (AvgIpc) is 2.50. The molecule has 0 aromatic carbocycles. The SMILES string of the molecule is CC(C)=C1CCC(C)C12CCC(C)CC2. The predicted molar refractivity (Wildman–Crippen MR) is 66.8 cm³/mol. The van der Waals surface area contributed by atoms with E-state index in [1.54, 1.807) is 5.57 Å². The molecule has 1 unspecified atom stereocenters. The monoisotopic (exact) mass is 206 g/mol. The minimum absolute atomic E-state index is 0.630. The van der Waals surface area contributed by atoms with Gasteiger partial charge >= 0.3 is 0 Å². The van der Waals surface area contributed by atoms with Crippen molar-refractivity contribution in [1.82, 2.24) is 0 Å². The van der Waals surface area contributed by atoms with Crippen LogP contribution in [0.1, 0.15) is 66.2 Å². The van der Waals surface area contributed by atoms with Crippen molar-refractivity contribution in [2.24, 2.45) is 17.3 Å². The Kier molecular flexibility index (Phi) is 2.96. The fraction of sp³-hybridized carbons (Fsp3) is 0.867. The van der Waals surface area contributed by atoms with E-state index >= 15 is 0 Å². The van der Waals surface area contributed by atoms with Gasteiger partial charge in [0.2, 0.25) is 0 Å². The molecule has 0 nitrogen and oxygen atoms in total. The van der Waals surface area contributed by atoms with Crippen molar-refractivity contribution in [1.29, 1.82) is 0 Å². The van der Waals surface area contributed by atoms with Gasteiger partial charge in [0, 0.05) is 0 Å². The van der Waals surface area contributed by atoms with Gasteiger partial charge in [-0.1, -0.05) is 25.0 Å². The number of allylic oxidation sites excluding steroid dienone is 2. The molecule has 0 saturated heterocycles. The zero-order valence-electron chi connectivity index (χ0n) is 10.9. The van der Waals surface area contributed by atoms with Gasteiger partial charge in [0.15, 0.2) is 0 Å². The van der Waals surface area contributed by atoms with Crippen LogP contribution in [0.25, 0.3) is 0 Å². The Morgan fingerprint density at radius 1 is 1.07 bits per heavy atom. The highest BCUT2D eigenvalue weighted by Gasteiger charge is 2.45. The molecule has 2 fully saturated rings. The Morgan fingerprint density at radius 2 is 1.67 bits per heavy atom. The quantitative estimate of drug-likeness (QED) is 0.492. The predicted octanol–water partition coefficient (Wildman–Crippen LogP) is 4.95. The van der Waals surface area contributed by atoms with Crippen LogP contribution in [0.15, 0.2) is 11.1 Å². The zero-order chi connectivity index (χ0) is 11.1. The summed E-state index contributed by atoms with van der Waals surface area (Å²) < 4.78 is 0. The highest BCUT2D eigenvalue weighted by molar-refractivity contribution is 5.26. The molecular formula is C15H26. The average molecular weight is 206 g/mol. The summed E-state index contributed by atoms with van der Waals surface area (Å²) in [6, 6.07) is 0. The summed E-state index contributed by atoms with van der Waals surface area (Å²) in [7, 11) is 0. The van der Waals surface area contributed by atoms with E-state index < -0.39 is 0 Å². The Morgan fingerprint density at radius 3 is 2.20 bits per heavy atom. The van der Waals surface area contributed by atoms with Gasteiger partial charge in [-0.2, -0.15) is 0 Å². The Hall–Kier alpha value is -0.260. The molecule has 0 aromatic heterocycles. The van der Waals surface area contributed by atoms with Gasteiger partial charge in [-0.05, 0) is 69.6 Å². The third-order valence-electron chi connectivity index (χ3n) is 5.14. The second kappa shape index (κ2) is 3.96. The van der Waals surface area contributed by atoms with Crippen LogP contribution in [0.2, 0.25) is 0 Å².